The third-order valence-electron chi connectivity index (χ3n) is 2.49. The van der Waals surface area contributed by atoms with Gasteiger partial charge in [-0.05, 0) is 30.2 Å². The second kappa shape index (κ2) is 6.86. The molecule has 1 N–H and O–H groups in total. The van der Waals surface area contributed by atoms with Crippen LogP contribution in [-0.4, -0.2) is 37.1 Å². The van der Waals surface area contributed by atoms with Crippen molar-refractivity contribution in [2.45, 2.75) is 16.7 Å². The Kier molecular flexibility index (Phi) is 5.96. The van der Waals surface area contributed by atoms with Crippen LogP contribution in [0.3, 0.4) is 0 Å². The summed E-state index contributed by atoms with van der Waals surface area (Å²) < 4.78 is 53.4. The van der Waals surface area contributed by atoms with Gasteiger partial charge in [0.05, 0.1) is 9.79 Å². The molecule has 0 saturated heterocycles. The number of benzene rings is 1. The number of rotatable bonds is 7. The molecule has 0 saturated carbocycles. The molecule has 0 aliphatic rings. The number of ether oxygens (including phenoxy) is 1. The summed E-state index contributed by atoms with van der Waals surface area (Å²) in [5.74, 6) is 0.0252. The summed E-state index contributed by atoms with van der Waals surface area (Å²) >= 11 is 0. The molecule has 20 heavy (non-hydrogen) atoms. The second-order valence-corrected chi connectivity index (χ2v) is 8.65. The molecule has 0 spiro atoms. The first-order valence-corrected chi connectivity index (χ1v) is 9.49. The number of sulfonamides is 1. The van der Waals surface area contributed by atoms with E-state index in [0.717, 1.165) is 12.1 Å². The van der Waals surface area contributed by atoms with Gasteiger partial charge in [-0.2, -0.15) is 0 Å². The Morgan fingerprint density at radius 1 is 1.15 bits per heavy atom. The molecule has 0 radical (unpaired) electrons. The largest absolute Gasteiger partial charge is 0.384 e. The highest BCUT2D eigenvalue weighted by atomic mass is 35.7. The minimum atomic E-state index is -3.86. The summed E-state index contributed by atoms with van der Waals surface area (Å²) in [6, 6.07) is 4.68. The predicted molar refractivity (Wildman–Crippen MR) is 75.7 cm³/mol. The fourth-order valence-corrected chi connectivity index (χ4v) is 3.39. The Labute approximate surface area is 123 Å². The molecule has 1 atom stereocenters. The molecule has 0 heterocycles. The third kappa shape index (κ3) is 5.02. The molecule has 0 aliphatic carbocycles. The summed E-state index contributed by atoms with van der Waals surface area (Å²) in [6.45, 7) is 2.51. The Morgan fingerprint density at radius 3 is 2.10 bits per heavy atom. The first kappa shape index (κ1) is 17.4. The topological polar surface area (TPSA) is 89.5 Å². The van der Waals surface area contributed by atoms with E-state index in [1.54, 1.807) is 0 Å². The molecule has 6 nitrogen and oxygen atoms in total. The Hall–Kier alpha value is -0.670. The van der Waals surface area contributed by atoms with Crippen LogP contribution in [0, 0.1) is 5.92 Å². The zero-order valence-electron chi connectivity index (χ0n) is 11.0. The van der Waals surface area contributed by atoms with Gasteiger partial charge in [0.1, 0.15) is 0 Å². The normalized spacial score (nSPS) is 14.2. The number of hydrogen-bond acceptors (Lipinski definition) is 5. The average Bonchev–Trinajstić information content (AvgIpc) is 2.36. The molecule has 1 rings (SSSR count). The quantitative estimate of drug-likeness (QED) is 0.752. The van der Waals surface area contributed by atoms with Gasteiger partial charge < -0.3 is 4.74 Å². The van der Waals surface area contributed by atoms with E-state index in [2.05, 4.69) is 4.72 Å². The van der Waals surface area contributed by atoms with E-state index < -0.39 is 19.1 Å². The molecule has 0 bridgehead atoms. The summed E-state index contributed by atoms with van der Waals surface area (Å²) in [7, 11) is -0.843. The number of methoxy groups -OCH3 is 1. The molecular weight excluding hydrogens is 326 g/mol. The van der Waals surface area contributed by atoms with E-state index in [4.69, 9.17) is 15.4 Å². The fourth-order valence-electron chi connectivity index (χ4n) is 1.46. The Bertz CT molecular complexity index is 640. The highest BCUT2D eigenvalue weighted by molar-refractivity contribution is 8.13. The smallest absolute Gasteiger partial charge is 0.261 e. The molecule has 1 aromatic carbocycles. The number of nitrogens with one attached hydrogen (secondary N) is 1. The van der Waals surface area contributed by atoms with Crippen molar-refractivity contribution in [3.63, 3.8) is 0 Å². The maximum Gasteiger partial charge on any atom is 0.261 e. The van der Waals surface area contributed by atoms with Crippen molar-refractivity contribution < 1.29 is 21.6 Å². The minimum Gasteiger partial charge on any atom is -0.384 e. The third-order valence-corrected chi connectivity index (χ3v) is 5.30. The average molecular weight is 342 g/mol. The molecule has 1 aromatic rings. The summed E-state index contributed by atoms with van der Waals surface area (Å²) in [4.78, 5) is -0.169. The molecular formula is C11H16ClNO5S2. The van der Waals surface area contributed by atoms with Gasteiger partial charge in [-0.15, -0.1) is 0 Å². The molecule has 0 fully saturated rings. The lowest BCUT2D eigenvalue weighted by Gasteiger charge is -2.12. The van der Waals surface area contributed by atoms with Crippen molar-refractivity contribution in [2.24, 2.45) is 5.92 Å². The van der Waals surface area contributed by atoms with Gasteiger partial charge in [-0.1, -0.05) is 6.92 Å². The summed E-state index contributed by atoms with van der Waals surface area (Å²) in [6.07, 6.45) is 0. The van der Waals surface area contributed by atoms with Gasteiger partial charge >= 0.3 is 0 Å². The van der Waals surface area contributed by atoms with E-state index in [0.29, 0.717) is 6.61 Å². The lowest BCUT2D eigenvalue weighted by Crippen LogP contribution is -2.30. The van der Waals surface area contributed by atoms with E-state index >= 15 is 0 Å². The number of halogens is 1. The van der Waals surface area contributed by atoms with Gasteiger partial charge in [-0.25, -0.2) is 21.6 Å². The molecule has 114 valence electrons. The fraction of sp³-hybridized carbons (Fsp3) is 0.455. The van der Waals surface area contributed by atoms with Crippen LogP contribution in [0.1, 0.15) is 6.92 Å². The second-order valence-electron chi connectivity index (χ2n) is 4.32. The van der Waals surface area contributed by atoms with Gasteiger partial charge in [0, 0.05) is 30.9 Å². The summed E-state index contributed by atoms with van der Waals surface area (Å²) in [5, 5.41) is 0. The lowest BCUT2D eigenvalue weighted by molar-refractivity contribution is 0.161. The molecule has 0 aromatic heterocycles. The standard InChI is InChI=1S/C11H16ClNO5S2/c1-9(8-18-2)7-13-20(16,17)11-5-3-10(4-6-11)19(12,14)15/h3-6,9,13H,7-8H2,1-2H3. The zero-order chi connectivity index (χ0) is 15.4. The van der Waals surface area contributed by atoms with Crippen molar-refractivity contribution in [3.05, 3.63) is 24.3 Å². The Morgan fingerprint density at radius 2 is 1.65 bits per heavy atom. The maximum absolute atomic E-state index is 12.0. The number of hydrogen-bond donors (Lipinski definition) is 1. The van der Waals surface area contributed by atoms with Crippen molar-refractivity contribution in [1.29, 1.82) is 0 Å². The van der Waals surface area contributed by atoms with Crippen molar-refractivity contribution >= 4 is 29.8 Å². The van der Waals surface area contributed by atoms with Crippen LogP contribution in [0.5, 0.6) is 0 Å². The van der Waals surface area contributed by atoms with Crippen LogP contribution in [-0.2, 0) is 23.8 Å². The monoisotopic (exact) mass is 341 g/mol. The first-order chi connectivity index (χ1) is 9.16. The van der Waals surface area contributed by atoms with Crippen LogP contribution in [0.4, 0.5) is 0 Å². The van der Waals surface area contributed by atoms with E-state index in [1.807, 2.05) is 6.92 Å². The molecule has 1 unspecified atom stereocenters. The van der Waals surface area contributed by atoms with Crippen LogP contribution < -0.4 is 4.72 Å². The van der Waals surface area contributed by atoms with Crippen molar-refractivity contribution in [1.82, 2.24) is 4.72 Å². The van der Waals surface area contributed by atoms with Crippen LogP contribution >= 0.6 is 10.7 Å². The van der Waals surface area contributed by atoms with Crippen molar-refractivity contribution in [3.8, 4) is 0 Å². The SMILES string of the molecule is COCC(C)CNS(=O)(=O)c1ccc(S(=O)(=O)Cl)cc1. The van der Waals surface area contributed by atoms with Gasteiger partial charge in [0.25, 0.3) is 9.05 Å². The Balaban J connectivity index is 2.83. The molecule has 0 aliphatic heterocycles. The van der Waals surface area contributed by atoms with Gasteiger partial charge in [0.2, 0.25) is 10.0 Å². The maximum atomic E-state index is 12.0. The van der Waals surface area contributed by atoms with Gasteiger partial charge in [-0.3, -0.25) is 0 Å². The van der Waals surface area contributed by atoms with Gasteiger partial charge in [0.15, 0.2) is 0 Å². The van der Waals surface area contributed by atoms with Crippen LogP contribution in [0.15, 0.2) is 34.1 Å². The zero-order valence-corrected chi connectivity index (χ0v) is 13.4. The van der Waals surface area contributed by atoms with E-state index in [9.17, 15) is 16.8 Å². The molecule has 9 heteroatoms. The van der Waals surface area contributed by atoms with Crippen molar-refractivity contribution in [2.75, 3.05) is 20.3 Å². The predicted octanol–water partition coefficient (Wildman–Crippen LogP) is 1.17. The lowest BCUT2D eigenvalue weighted by atomic mass is 10.2. The summed E-state index contributed by atoms with van der Waals surface area (Å²) in [5.41, 5.74) is 0. The first-order valence-electron chi connectivity index (χ1n) is 5.70. The highest BCUT2D eigenvalue weighted by Gasteiger charge is 2.17. The highest BCUT2D eigenvalue weighted by Crippen LogP contribution is 2.17. The minimum absolute atomic E-state index is 0.0221. The van der Waals surface area contributed by atoms with Crippen LogP contribution in [0.25, 0.3) is 0 Å². The van der Waals surface area contributed by atoms with Crippen LogP contribution in [0.2, 0.25) is 0 Å². The molecule has 0 amide bonds. The van der Waals surface area contributed by atoms with E-state index in [1.165, 1.54) is 19.2 Å². The van der Waals surface area contributed by atoms with E-state index in [-0.39, 0.29) is 22.3 Å².